The summed E-state index contributed by atoms with van der Waals surface area (Å²) in [5.74, 6) is -0.244. The van der Waals surface area contributed by atoms with E-state index < -0.39 is 12.1 Å². The number of carbonyl (C=O) groups excluding carboxylic acids is 2. The summed E-state index contributed by atoms with van der Waals surface area (Å²) in [5.41, 5.74) is 6.62. The topological polar surface area (TPSA) is 84.2 Å². The first kappa shape index (κ1) is 17.3. The second kappa shape index (κ2) is 7.99. The van der Waals surface area contributed by atoms with Gasteiger partial charge in [0, 0.05) is 15.2 Å². The molecule has 120 valence electrons. The number of primary amides is 1. The van der Waals surface area contributed by atoms with Crippen LogP contribution in [0.25, 0.3) is 0 Å². The van der Waals surface area contributed by atoms with Crippen molar-refractivity contribution in [3.05, 3.63) is 63.6 Å². The van der Waals surface area contributed by atoms with Gasteiger partial charge in [-0.25, -0.2) is 4.79 Å². The molecular formula is C16H15BrClN3O2. The van der Waals surface area contributed by atoms with Gasteiger partial charge >= 0.3 is 6.03 Å². The van der Waals surface area contributed by atoms with Gasteiger partial charge in [-0.2, -0.15) is 0 Å². The van der Waals surface area contributed by atoms with Gasteiger partial charge in [0.2, 0.25) is 5.91 Å². The summed E-state index contributed by atoms with van der Waals surface area (Å²) < 4.78 is 0.851. The summed E-state index contributed by atoms with van der Waals surface area (Å²) in [4.78, 5) is 23.4. The quantitative estimate of drug-likeness (QED) is 0.717. The first-order valence-electron chi connectivity index (χ1n) is 6.81. The van der Waals surface area contributed by atoms with Gasteiger partial charge in [0.25, 0.3) is 0 Å². The Bertz CT molecular complexity index is 707. The van der Waals surface area contributed by atoms with E-state index in [0.717, 1.165) is 10.0 Å². The van der Waals surface area contributed by atoms with Crippen LogP contribution in [0.3, 0.4) is 0 Å². The van der Waals surface area contributed by atoms with E-state index in [9.17, 15) is 9.59 Å². The summed E-state index contributed by atoms with van der Waals surface area (Å²) >= 11 is 9.17. The predicted octanol–water partition coefficient (Wildman–Crippen LogP) is 3.84. The molecular weight excluding hydrogens is 382 g/mol. The van der Waals surface area contributed by atoms with E-state index in [1.165, 1.54) is 0 Å². The molecule has 23 heavy (non-hydrogen) atoms. The highest BCUT2D eigenvalue weighted by Gasteiger charge is 2.18. The lowest BCUT2D eigenvalue weighted by Crippen LogP contribution is -2.35. The average Bonchev–Trinajstić information content (AvgIpc) is 2.48. The van der Waals surface area contributed by atoms with Gasteiger partial charge in [-0.1, -0.05) is 39.7 Å². The number of carbonyl (C=O) groups is 2. The van der Waals surface area contributed by atoms with E-state index >= 15 is 0 Å². The Labute approximate surface area is 147 Å². The maximum absolute atomic E-state index is 12.2. The summed E-state index contributed by atoms with van der Waals surface area (Å²) in [6.45, 7) is 0. The molecule has 2 aromatic carbocycles. The molecule has 1 atom stereocenters. The first-order chi connectivity index (χ1) is 10.9. The molecule has 0 heterocycles. The van der Waals surface area contributed by atoms with Gasteiger partial charge in [-0.05, 0) is 42.0 Å². The van der Waals surface area contributed by atoms with E-state index in [4.69, 9.17) is 17.3 Å². The third kappa shape index (κ3) is 5.58. The smallest absolute Gasteiger partial charge is 0.312 e. The van der Waals surface area contributed by atoms with Crippen LogP contribution in [0.4, 0.5) is 10.5 Å². The van der Waals surface area contributed by atoms with Crippen LogP contribution in [0.1, 0.15) is 18.0 Å². The Morgan fingerprint density at radius 2 is 1.87 bits per heavy atom. The molecule has 7 heteroatoms. The Balaban J connectivity index is 2.09. The van der Waals surface area contributed by atoms with Crippen LogP contribution in [0.5, 0.6) is 0 Å². The van der Waals surface area contributed by atoms with E-state index in [1.807, 2.05) is 24.3 Å². The van der Waals surface area contributed by atoms with Crippen molar-refractivity contribution in [1.82, 2.24) is 5.32 Å². The lowest BCUT2D eigenvalue weighted by atomic mass is 10.0. The minimum absolute atomic E-state index is 0.0576. The average molecular weight is 397 g/mol. The fraction of sp³-hybridized carbons (Fsp3) is 0.125. The number of hydrogen-bond donors (Lipinski definition) is 3. The van der Waals surface area contributed by atoms with Gasteiger partial charge in [0.15, 0.2) is 0 Å². The molecule has 0 aliphatic rings. The molecule has 0 saturated carbocycles. The second-order valence-electron chi connectivity index (χ2n) is 4.88. The monoisotopic (exact) mass is 395 g/mol. The van der Waals surface area contributed by atoms with Crippen LogP contribution in [0, 0.1) is 0 Å². The Morgan fingerprint density at radius 3 is 2.48 bits per heavy atom. The standard InChI is InChI=1S/C16H15BrClN3O2/c17-11-3-1-2-10(8-11)14(21-16(19)23)9-15(22)20-13-6-4-12(18)5-7-13/h1-8,14H,9H2,(H,20,22)(H3,19,21,23). The van der Waals surface area contributed by atoms with Crippen molar-refractivity contribution in [1.29, 1.82) is 0 Å². The van der Waals surface area contributed by atoms with Crippen LogP contribution >= 0.6 is 27.5 Å². The van der Waals surface area contributed by atoms with Crippen LogP contribution < -0.4 is 16.4 Å². The Morgan fingerprint density at radius 1 is 1.17 bits per heavy atom. The molecule has 0 aliphatic heterocycles. The zero-order valence-corrected chi connectivity index (χ0v) is 14.4. The molecule has 5 nitrogen and oxygen atoms in total. The van der Waals surface area contributed by atoms with Crippen molar-refractivity contribution in [2.24, 2.45) is 5.73 Å². The number of hydrogen-bond acceptors (Lipinski definition) is 2. The number of amides is 3. The van der Waals surface area contributed by atoms with Gasteiger partial charge in [0.1, 0.15) is 0 Å². The van der Waals surface area contributed by atoms with E-state index in [1.54, 1.807) is 24.3 Å². The molecule has 0 bridgehead atoms. The maximum atomic E-state index is 12.2. The molecule has 0 aliphatic carbocycles. The second-order valence-corrected chi connectivity index (χ2v) is 6.23. The Hall–Kier alpha value is -2.05. The highest BCUT2D eigenvalue weighted by Crippen LogP contribution is 2.22. The SMILES string of the molecule is NC(=O)NC(CC(=O)Nc1ccc(Cl)cc1)c1cccc(Br)c1. The van der Waals surface area contributed by atoms with Crippen molar-refractivity contribution in [2.45, 2.75) is 12.5 Å². The van der Waals surface area contributed by atoms with Crippen molar-refractivity contribution < 1.29 is 9.59 Å². The maximum Gasteiger partial charge on any atom is 0.312 e. The van der Waals surface area contributed by atoms with Crippen molar-refractivity contribution >= 4 is 45.2 Å². The fourth-order valence-corrected chi connectivity index (χ4v) is 2.62. The normalized spacial score (nSPS) is 11.6. The van der Waals surface area contributed by atoms with E-state index in [-0.39, 0.29) is 12.3 Å². The number of halogens is 2. The molecule has 4 N–H and O–H groups in total. The molecule has 0 spiro atoms. The minimum atomic E-state index is -0.686. The number of urea groups is 1. The van der Waals surface area contributed by atoms with Gasteiger partial charge in [-0.3, -0.25) is 4.79 Å². The lowest BCUT2D eigenvalue weighted by molar-refractivity contribution is -0.116. The predicted molar refractivity (Wildman–Crippen MR) is 94.3 cm³/mol. The Kier molecular flexibility index (Phi) is 6.01. The molecule has 0 radical (unpaired) electrons. The lowest BCUT2D eigenvalue weighted by Gasteiger charge is -2.18. The number of benzene rings is 2. The van der Waals surface area contributed by atoms with Crippen molar-refractivity contribution in [2.75, 3.05) is 5.32 Å². The summed E-state index contributed by atoms with van der Waals surface area (Å²) in [5, 5.41) is 5.93. The number of anilines is 1. The van der Waals surface area contributed by atoms with Crippen molar-refractivity contribution in [3.63, 3.8) is 0 Å². The zero-order valence-electron chi connectivity index (χ0n) is 12.1. The summed E-state index contributed by atoms with van der Waals surface area (Å²) in [6, 6.07) is 12.9. The molecule has 0 aromatic heterocycles. The highest BCUT2D eigenvalue weighted by molar-refractivity contribution is 9.10. The zero-order chi connectivity index (χ0) is 16.8. The summed E-state index contributed by atoms with van der Waals surface area (Å²) in [7, 11) is 0. The molecule has 0 saturated heterocycles. The number of nitrogens with one attached hydrogen (secondary N) is 2. The van der Waals surface area contributed by atoms with Gasteiger partial charge in [-0.15, -0.1) is 0 Å². The van der Waals surface area contributed by atoms with Crippen LogP contribution in [0.15, 0.2) is 53.0 Å². The van der Waals surface area contributed by atoms with Gasteiger partial charge < -0.3 is 16.4 Å². The van der Waals surface area contributed by atoms with E-state index in [0.29, 0.717) is 10.7 Å². The van der Waals surface area contributed by atoms with Crippen molar-refractivity contribution in [3.8, 4) is 0 Å². The molecule has 2 rings (SSSR count). The van der Waals surface area contributed by atoms with Crippen LogP contribution in [0.2, 0.25) is 5.02 Å². The molecule has 0 fully saturated rings. The fourth-order valence-electron chi connectivity index (χ4n) is 2.08. The third-order valence-corrected chi connectivity index (χ3v) is 3.83. The largest absolute Gasteiger partial charge is 0.352 e. The number of rotatable bonds is 5. The molecule has 2 aromatic rings. The van der Waals surface area contributed by atoms with E-state index in [2.05, 4.69) is 26.6 Å². The molecule has 1 unspecified atom stereocenters. The number of nitrogens with two attached hydrogens (primary N) is 1. The first-order valence-corrected chi connectivity index (χ1v) is 7.98. The molecule has 3 amide bonds. The highest BCUT2D eigenvalue weighted by atomic mass is 79.9. The van der Waals surface area contributed by atoms with Crippen LogP contribution in [-0.2, 0) is 4.79 Å². The summed E-state index contributed by atoms with van der Waals surface area (Å²) in [6.07, 6.45) is 0.0576. The van der Waals surface area contributed by atoms with Gasteiger partial charge in [0.05, 0.1) is 12.5 Å². The third-order valence-electron chi connectivity index (χ3n) is 3.09. The minimum Gasteiger partial charge on any atom is -0.352 e. The van der Waals surface area contributed by atoms with Crippen LogP contribution in [-0.4, -0.2) is 11.9 Å².